The second kappa shape index (κ2) is 13.6. The summed E-state index contributed by atoms with van der Waals surface area (Å²) in [6.07, 6.45) is 5.99. The summed E-state index contributed by atoms with van der Waals surface area (Å²) in [5.74, 6) is 0.190. The molecule has 0 spiro atoms. The number of carbonyl (C=O) groups is 2. The number of aliphatic hydroxyl groups is 1. The van der Waals surface area contributed by atoms with Crippen LogP contribution >= 0.6 is 0 Å². The van der Waals surface area contributed by atoms with E-state index in [0.717, 1.165) is 41.9 Å². The molecule has 1 aromatic heterocycles. The number of aromatic nitrogens is 2. The minimum atomic E-state index is -0.426. The van der Waals surface area contributed by atoms with Crippen LogP contribution in [0, 0.1) is 12.3 Å². The van der Waals surface area contributed by atoms with Gasteiger partial charge in [0.25, 0.3) is 5.91 Å². The molecule has 1 unspecified atom stereocenters. The summed E-state index contributed by atoms with van der Waals surface area (Å²) in [6.45, 7) is 12.8. The Balaban J connectivity index is 2.12. The quantitative estimate of drug-likeness (QED) is 0.176. The van der Waals surface area contributed by atoms with Crippen LogP contribution in [0.2, 0.25) is 0 Å². The second-order valence-electron chi connectivity index (χ2n) is 10.8. The zero-order chi connectivity index (χ0) is 27.6. The van der Waals surface area contributed by atoms with Gasteiger partial charge in [-0.2, -0.15) is 0 Å². The Morgan fingerprint density at radius 3 is 2.24 bits per heavy atom. The van der Waals surface area contributed by atoms with Crippen molar-refractivity contribution in [1.29, 1.82) is 0 Å². The Morgan fingerprint density at radius 2 is 1.70 bits per heavy atom. The van der Waals surface area contributed by atoms with Crippen LogP contribution in [0.4, 0.5) is 0 Å². The van der Waals surface area contributed by atoms with Gasteiger partial charge < -0.3 is 10.4 Å². The van der Waals surface area contributed by atoms with Crippen molar-refractivity contribution in [3.05, 3.63) is 58.7 Å². The van der Waals surface area contributed by atoms with Crippen molar-refractivity contribution in [2.45, 2.75) is 98.0 Å². The summed E-state index contributed by atoms with van der Waals surface area (Å²) in [5.41, 5.74) is 4.71. The van der Waals surface area contributed by atoms with Gasteiger partial charge in [0.05, 0.1) is 11.5 Å². The summed E-state index contributed by atoms with van der Waals surface area (Å²) >= 11 is 0. The van der Waals surface area contributed by atoms with Gasteiger partial charge in [-0.15, -0.1) is 0 Å². The molecule has 1 aromatic carbocycles. The van der Waals surface area contributed by atoms with Crippen molar-refractivity contribution in [2.24, 2.45) is 5.41 Å². The van der Waals surface area contributed by atoms with E-state index >= 15 is 0 Å². The molecule has 2 amide bonds. The van der Waals surface area contributed by atoms with Crippen molar-refractivity contribution in [2.75, 3.05) is 6.54 Å². The Kier molecular flexibility index (Phi) is 11.2. The van der Waals surface area contributed by atoms with Crippen LogP contribution in [0.5, 0.6) is 0 Å². The van der Waals surface area contributed by atoms with Gasteiger partial charge in [-0.1, -0.05) is 46.8 Å². The molecule has 0 aliphatic rings. The first-order valence-corrected chi connectivity index (χ1v) is 13.3. The number of aryl methyl sites for hydroxylation is 2. The van der Waals surface area contributed by atoms with Crippen LogP contribution in [0.25, 0.3) is 0 Å². The first-order valence-electron chi connectivity index (χ1n) is 13.3. The normalized spacial score (nSPS) is 12.8. The largest absolute Gasteiger partial charge is 0.393 e. The van der Waals surface area contributed by atoms with E-state index in [1.807, 2.05) is 58.2 Å². The predicted molar refractivity (Wildman–Crippen MR) is 144 cm³/mol. The number of hydrogen-bond donors (Lipinski definition) is 4. The van der Waals surface area contributed by atoms with E-state index in [0.29, 0.717) is 31.4 Å². The maximum Gasteiger partial charge on any atom is 0.251 e. The molecule has 0 saturated carbocycles. The van der Waals surface area contributed by atoms with Crippen LogP contribution in [0.1, 0.15) is 106 Å². The Hall–Kier alpha value is -2.84. The molecule has 2 rings (SSSR count). The summed E-state index contributed by atoms with van der Waals surface area (Å²) in [5, 5.41) is 21.8. The maximum atomic E-state index is 12.5. The number of hydrogen-bond acceptors (Lipinski definition) is 6. The number of carbonyl (C=O) groups excluding carboxylic acids is 2. The van der Waals surface area contributed by atoms with Crippen molar-refractivity contribution in [3.63, 3.8) is 0 Å². The minimum absolute atomic E-state index is 0.157. The topological polar surface area (TPSA) is 124 Å². The third-order valence-corrected chi connectivity index (χ3v) is 7.34. The lowest BCUT2D eigenvalue weighted by molar-refractivity contribution is -0.129. The Bertz CT molecular complexity index is 1030. The van der Waals surface area contributed by atoms with E-state index in [1.54, 1.807) is 5.48 Å². The molecule has 4 N–H and O–H groups in total. The number of benzene rings is 1. The average molecular weight is 513 g/mol. The zero-order valence-electron chi connectivity index (χ0n) is 23.2. The molecule has 0 fully saturated rings. The number of nitrogens with zero attached hydrogens (tertiary/aromatic N) is 2. The molecule has 0 aliphatic carbocycles. The molecule has 2 aromatic rings. The molecule has 0 radical (unpaired) electrons. The molecule has 8 heteroatoms. The van der Waals surface area contributed by atoms with E-state index in [4.69, 9.17) is 15.2 Å². The second-order valence-corrected chi connectivity index (χ2v) is 10.8. The smallest absolute Gasteiger partial charge is 0.251 e. The van der Waals surface area contributed by atoms with E-state index in [1.165, 1.54) is 0 Å². The molecular weight excluding hydrogens is 468 g/mol. The third kappa shape index (κ3) is 8.07. The highest BCUT2D eigenvalue weighted by atomic mass is 16.5. The first-order chi connectivity index (χ1) is 17.5. The number of unbranched alkanes of at least 4 members (excludes halogenated alkanes) is 1. The third-order valence-electron chi connectivity index (χ3n) is 7.34. The van der Waals surface area contributed by atoms with Crippen LogP contribution in [0.3, 0.4) is 0 Å². The minimum Gasteiger partial charge on any atom is -0.393 e. The van der Waals surface area contributed by atoms with E-state index in [9.17, 15) is 14.7 Å². The molecule has 37 heavy (non-hydrogen) atoms. The van der Waals surface area contributed by atoms with Crippen molar-refractivity contribution >= 4 is 11.8 Å². The van der Waals surface area contributed by atoms with E-state index in [2.05, 4.69) is 19.2 Å². The number of nitrogens with one attached hydrogen (secondary N) is 2. The molecule has 0 saturated heterocycles. The lowest BCUT2D eigenvalue weighted by Gasteiger charge is -2.31. The monoisotopic (exact) mass is 512 g/mol. The molecule has 8 nitrogen and oxygen atoms in total. The van der Waals surface area contributed by atoms with E-state index < -0.39 is 5.91 Å². The summed E-state index contributed by atoms with van der Waals surface area (Å²) < 4.78 is 0. The fourth-order valence-electron chi connectivity index (χ4n) is 4.51. The summed E-state index contributed by atoms with van der Waals surface area (Å²) in [7, 11) is 0. The highest BCUT2D eigenvalue weighted by molar-refractivity contribution is 5.94. The maximum absolute atomic E-state index is 12.5. The lowest BCUT2D eigenvalue weighted by atomic mass is 9.74. The van der Waals surface area contributed by atoms with Gasteiger partial charge in [-0.25, -0.2) is 15.4 Å². The highest BCUT2D eigenvalue weighted by Crippen LogP contribution is 2.37. The van der Waals surface area contributed by atoms with Gasteiger partial charge in [0.15, 0.2) is 0 Å². The number of amides is 2. The van der Waals surface area contributed by atoms with Gasteiger partial charge in [0, 0.05) is 30.4 Å². The highest BCUT2D eigenvalue weighted by Gasteiger charge is 2.34. The SMILES string of the molecule is CCC(CC)(c1ccc(C(=O)NCCCCC(=O)NO)cc1)c1ncc(CCC(O)C(C)(C)C)c(C)n1. The number of aliphatic hydroxyl groups excluding tert-OH is 1. The van der Waals surface area contributed by atoms with Gasteiger partial charge in [-0.05, 0) is 74.1 Å². The van der Waals surface area contributed by atoms with Crippen molar-refractivity contribution < 1.29 is 19.9 Å². The van der Waals surface area contributed by atoms with Crippen LogP contribution < -0.4 is 10.8 Å². The molecule has 1 atom stereocenters. The lowest BCUT2D eigenvalue weighted by Crippen LogP contribution is -2.30. The fourth-order valence-corrected chi connectivity index (χ4v) is 4.51. The Morgan fingerprint density at radius 1 is 1.05 bits per heavy atom. The standard InChI is InChI=1S/C29H44N4O4/c1-7-29(8-2,27-31-19-22(20(3)32-27)14-17-24(34)28(4,5)6)23-15-12-21(13-16-23)26(36)30-18-10-9-11-25(35)33-37/h12-13,15-16,19,24,34,37H,7-11,14,17-18H2,1-6H3,(H,30,36)(H,33,35). The molecule has 0 bridgehead atoms. The Labute approximate surface area is 221 Å². The van der Waals surface area contributed by atoms with Gasteiger partial charge >= 0.3 is 0 Å². The van der Waals surface area contributed by atoms with Crippen molar-refractivity contribution in [3.8, 4) is 0 Å². The average Bonchev–Trinajstić information content (AvgIpc) is 2.88. The van der Waals surface area contributed by atoms with Gasteiger partial charge in [-0.3, -0.25) is 14.8 Å². The van der Waals surface area contributed by atoms with Crippen LogP contribution in [-0.2, 0) is 16.6 Å². The molecule has 204 valence electrons. The summed E-state index contributed by atoms with van der Waals surface area (Å²) in [4.78, 5) is 33.3. The zero-order valence-corrected chi connectivity index (χ0v) is 23.2. The van der Waals surface area contributed by atoms with Gasteiger partial charge in [0.1, 0.15) is 5.82 Å². The molecule has 1 heterocycles. The number of rotatable bonds is 13. The fraction of sp³-hybridized carbons (Fsp3) is 0.586. The summed E-state index contributed by atoms with van der Waals surface area (Å²) in [6, 6.07) is 7.64. The molecular formula is C29H44N4O4. The van der Waals surface area contributed by atoms with Crippen LogP contribution in [-0.4, -0.2) is 44.7 Å². The van der Waals surface area contributed by atoms with Crippen LogP contribution in [0.15, 0.2) is 30.5 Å². The van der Waals surface area contributed by atoms with E-state index in [-0.39, 0.29) is 29.3 Å². The predicted octanol–water partition coefficient (Wildman–Crippen LogP) is 4.64. The number of hydroxylamine groups is 1. The van der Waals surface area contributed by atoms with Gasteiger partial charge in [0.2, 0.25) is 5.91 Å². The molecule has 0 aliphatic heterocycles. The first kappa shape index (κ1) is 30.4. The van der Waals surface area contributed by atoms with Crippen molar-refractivity contribution in [1.82, 2.24) is 20.8 Å².